The van der Waals surface area contributed by atoms with Crippen LogP contribution in [0.1, 0.15) is 76.5 Å². The van der Waals surface area contributed by atoms with Gasteiger partial charge in [0.1, 0.15) is 6.17 Å². The van der Waals surface area contributed by atoms with E-state index in [-0.39, 0.29) is 29.7 Å². The molecule has 4 amide bonds. The first-order valence-corrected chi connectivity index (χ1v) is 11.9. The van der Waals surface area contributed by atoms with E-state index in [9.17, 15) is 14.4 Å². The molecule has 3 atom stereocenters. The maximum Gasteiger partial charge on any atom is 0.324 e. The number of nitrogens with zero attached hydrogens (tertiary/aromatic N) is 2. The number of anilines is 1. The molecule has 1 N–H and O–H groups in total. The molecule has 32 heavy (non-hydrogen) atoms. The van der Waals surface area contributed by atoms with Crippen LogP contribution in [0.25, 0.3) is 5.57 Å². The Labute approximate surface area is 191 Å². The van der Waals surface area contributed by atoms with Crippen molar-refractivity contribution in [3.8, 4) is 0 Å². The molecule has 6 nitrogen and oxygen atoms in total. The number of carbonyl (C=O) groups excluding carboxylic acids is 3. The molecule has 3 aliphatic rings. The molecule has 0 aromatic heterocycles. The molecule has 2 aliphatic heterocycles. The highest BCUT2D eigenvalue weighted by atomic mass is 16.2. The number of allylic oxidation sites excluding steroid dienone is 1. The highest BCUT2D eigenvalue weighted by Crippen LogP contribution is 2.41. The molecule has 1 aromatic rings. The van der Waals surface area contributed by atoms with Crippen molar-refractivity contribution in [1.29, 1.82) is 0 Å². The highest BCUT2D eigenvalue weighted by molar-refractivity contribution is 6.06. The van der Waals surface area contributed by atoms with Crippen LogP contribution in [0, 0.1) is 25.7 Å². The number of nitrogens with one attached hydrogen (secondary N) is 1. The monoisotopic (exact) mass is 437 g/mol. The summed E-state index contributed by atoms with van der Waals surface area (Å²) in [7, 11) is 0. The third kappa shape index (κ3) is 3.54. The van der Waals surface area contributed by atoms with Crippen molar-refractivity contribution >= 4 is 29.1 Å². The fraction of sp³-hybridized carbons (Fsp3) is 0.577. The molecule has 1 saturated carbocycles. The standard InChI is InChI=1S/C26H35N3O3/c1-7-22(28-23(30)18-10-8-9-11-19(18)24(28)31)27-25(32)29-21-13-16(3)15(2)12-20(21)17(4)14-26(29,5)6/h12-14,18-19,22H,7-11H2,1-6H3,(H,27,32)/t18-,19-,22+/m0/s1. The fourth-order valence-electron chi connectivity index (χ4n) is 5.71. The van der Waals surface area contributed by atoms with Crippen LogP contribution in [-0.4, -0.2) is 34.5 Å². The molecule has 0 unspecified atom stereocenters. The molecule has 1 aliphatic carbocycles. The Bertz CT molecular complexity index is 986. The van der Waals surface area contributed by atoms with Gasteiger partial charge in [0, 0.05) is 5.56 Å². The summed E-state index contributed by atoms with van der Waals surface area (Å²) >= 11 is 0. The maximum absolute atomic E-state index is 13.7. The lowest BCUT2D eigenvalue weighted by Gasteiger charge is -2.42. The largest absolute Gasteiger partial charge is 0.324 e. The average Bonchev–Trinajstić information content (AvgIpc) is 2.98. The predicted octanol–water partition coefficient (Wildman–Crippen LogP) is 4.93. The minimum atomic E-state index is -0.633. The number of urea groups is 1. The lowest BCUT2D eigenvalue weighted by atomic mass is 9.81. The van der Waals surface area contributed by atoms with Gasteiger partial charge in [0.05, 0.1) is 23.1 Å². The van der Waals surface area contributed by atoms with Gasteiger partial charge in [-0.1, -0.05) is 25.8 Å². The summed E-state index contributed by atoms with van der Waals surface area (Å²) in [5, 5.41) is 3.04. The van der Waals surface area contributed by atoms with Crippen molar-refractivity contribution in [3.63, 3.8) is 0 Å². The van der Waals surface area contributed by atoms with Gasteiger partial charge in [0.25, 0.3) is 0 Å². The van der Waals surface area contributed by atoms with Gasteiger partial charge in [-0.25, -0.2) is 4.79 Å². The van der Waals surface area contributed by atoms with Gasteiger partial charge in [-0.05, 0) is 82.7 Å². The van der Waals surface area contributed by atoms with Gasteiger partial charge < -0.3 is 5.32 Å². The van der Waals surface area contributed by atoms with E-state index in [1.807, 2.05) is 27.7 Å². The second-order valence-electron chi connectivity index (χ2n) is 10.2. The molecule has 0 radical (unpaired) electrons. The van der Waals surface area contributed by atoms with Crippen LogP contribution in [0.2, 0.25) is 0 Å². The molecule has 2 heterocycles. The van der Waals surface area contributed by atoms with Crippen LogP contribution >= 0.6 is 0 Å². The number of likely N-dealkylation sites (tertiary alicyclic amines) is 1. The molecule has 1 saturated heterocycles. The van der Waals surface area contributed by atoms with Crippen LogP contribution in [-0.2, 0) is 9.59 Å². The molecular formula is C26H35N3O3. The van der Waals surface area contributed by atoms with E-state index in [0.717, 1.165) is 48.1 Å². The lowest BCUT2D eigenvalue weighted by molar-refractivity contribution is -0.143. The zero-order valence-corrected chi connectivity index (χ0v) is 20.1. The quantitative estimate of drug-likeness (QED) is 0.682. The Kier molecular flexibility index (Phi) is 5.68. The number of amides is 4. The van der Waals surface area contributed by atoms with E-state index in [0.29, 0.717) is 6.42 Å². The van der Waals surface area contributed by atoms with Gasteiger partial charge in [-0.15, -0.1) is 0 Å². The topological polar surface area (TPSA) is 69.7 Å². The van der Waals surface area contributed by atoms with Crippen LogP contribution in [0.4, 0.5) is 10.5 Å². The number of imide groups is 1. The van der Waals surface area contributed by atoms with Gasteiger partial charge in [-0.2, -0.15) is 0 Å². The van der Waals surface area contributed by atoms with Crippen molar-refractivity contribution in [2.24, 2.45) is 11.8 Å². The molecule has 172 valence electrons. The van der Waals surface area contributed by atoms with Crippen LogP contribution in [0.15, 0.2) is 18.2 Å². The average molecular weight is 438 g/mol. The van der Waals surface area contributed by atoms with Gasteiger partial charge in [0.2, 0.25) is 11.8 Å². The first-order valence-electron chi connectivity index (χ1n) is 11.9. The van der Waals surface area contributed by atoms with E-state index >= 15 is 0 Å². The van der Waals surface area contributed by atoms with Crippen molar-refractivity contribution < 1.29 is 14.4 Å². The summed E-state index contributed by atoms with van der Waals surface area (Å²) in [5.41, 5.74) is 4.78. The van der Waals surface area contributed by atoms with Crippen molar-refractivity contribution in [2.75, 3.05) is 4.90 Å². The molecular weight excluding hydrogens is 402 g/mol. The third-order valence-electron chi connectivity index (χ3n) is 7.49. The summed E-state index contributed by atoms with van der Waals surface area (Å²) < 4.78 is 0. The minimum absolute atomic E-state index is 0.118. The van der Waals surface area contributed by atoms with Crippen molar-refractivity contribution in [1.82, 2.24) is 10.2 Å². The smallest absolute Gasteiger partial charge is 0.317 e. The zero-order valence-electron chi connectivity index (χ0n) is 20.1. The van der Waals surface area contributed by atoms with E-state index < -0.39 is 11.7 Å². The Hall–Kier alpha value is -2.63. The number of carbonyl (C=O) groups is 3. The number of aryl methyl sites for hydroxylation is 2. The van der Waals surface area contributed by atoms with Gasteiger partial charge in [0.15, 0.2) is 0 Å². The number of hydrogen-bond donors (Lipinski definition) is 1. The highest BCUT2D eigenvalue weighted by Gasteiger charge is 2.51. The van der Waals surface area contributed by atoms with E-state index in [2.05, 4.69) is 37.4 Å². The Balaban J connectivity index is 1.65. The second-order valence-corrected chi connectivity index (χ2v) is 10.2. The molecule has 1 aromatic carbocycles. The molecule has 0 bridgehead atoms. The van der Waals surface area contributed by atoms with Gasteiger partial charge in [-0.3, -0.25) is 19.4 Å². The van der Waals surface area contributed by atoms with E-state index in [1.54, 1.807) is 4.90 Å². The van der Waals surface area contributed by atoms with Crippen molar-refractivity contribution in [2.45, 2.75) is 85.4 Å². The molecule has 0 spiro atoms. The van der Waals surface area contributed by atoms with E-state index in [1.165, 1.54) is 10.5 Å². The lowest BCUT2D eigenvalue weighted by Crippen LogP contribution is -2.59. The summed E-state index contributed by atoms with van der Waals surface area (Å²) in [4.78, 5) is 43.0. The normalized spacial score (nSPS) is 25.2. The van der Waals surface area contributed by atoms with E-state index in [4.69, 9.17) is 0 Å². The number of hydrogen-bond acceptors (Lipinski definition) is 3. The Morgan fingerprint density at radius 3 is 2.19 bits per heavy atom. The Morgan fingerprint density at radius 2 is 1.62 bits per heavy atom. The zero-order chi connectivity index (χ0) is 23.4. The fourth-order valence-corrected chi connectivity index (χ4v) is 5.71. The van der Waals surface area contributed by atoms with Crippen molar-refractivity contribution in [3.05, 3.63) is 34.9 Å². The maximum atomic E-state index is 13.7. The van der Waals surface area contributed by atoms with Crippen LogP contribution in [0.3, 0.4) is 0 Å². The molecule has 4 rings (SSSR count). The minimum Gasteiger partial charge on any atom is -0.317 e. The summed E-state index contributed by atoms with van der Waals surface area (Å²) in [6.07, 6.45) is 5.46. The SMILES string of the molecule is CC[C@H](NC(=O)N1c2cc(C)c(C)cc2C(C)=CC1(C)C)N1C(=O)[C@H]2CCCC[C@@H]2C1=O. The van der Waals surface area contributed by atoms with Gasteiger partial charge >= 0.3 is 6.03 Å². The number of benzene rings is 1. The summed E-state index contributed by atoms with van der Waals surface area (Å²) in [5.74, 6) is -0.671. The summed E-state index contributed by atoms with van der Waals surface area (Å²) in [6, 6.07) is 3.90. The molecule has 6 heteroatoms. The number of fused-ring (bicyclic) bond motifs is 2. The first kappa shape index (κ1) is 22.6. The predicted molar refractivity (Wildman–Crippen MR) is 126 cm³/mol. The second kappa shape index (κ2) is 8.05. The van der Waals surface area contributed by atoms with Crippen LogP contribution in [0.5, 0.6) is 0 Å². The first-order chi connectivity index (χ1) is 15.1. The summed E-state index contributed by atoms with van der Waals surface area (Å²) in [6.45, 7) is 12.1. The molecule has 2 fully saturated rings. The van der Waals surface area contributed by atoms with Crippen LogP contribution < -0.4 is 10.2 Å². The Morgan fingerprint density at radius 1 is 1.06 bits per heavy atom. The third-order valence-corrected chi connectivity index (χ3v) is 7.49. The number of rotatable bonds is 3.